The fourth-order valence-corrected chi connectivity index (χ4v) is 2.15. The molecule has 0 aliphatic heterocycles. The molecule has 0 amide bonds. The standard InChI is InChI=1S/C16H21N3O3/c1-4-7-19(8-9-20)11-15-17-16(18-22-15)13-6-5-12(2)14(10-13)21-3/h4-6,10,20H,1,7-9,11H2,2-3H3. The lowest BCUT2D eigenvalue weighted by molar-refractivity contribution is 0.186. The number of methoxy groups -OCH3 is 1. The number of aryl methyl sites for hydroxylation is 1. The molecule has 6 heteroatoms. The summed E-state index contributed by atoms with van der Waals surface area (Å²) in [5.41, 5.74) is 1.89. The third kappa shape index (κ3) is 3.93. The molecule has 0 fully saturated rings. The van der Waals surface area contributed by atoms with Gasteiger partial charge in [0.25, 0.3) is 0 Å². The normalized spacial score (nSPS) is 10.9. The first-order valence-corrected chi connectivity index (χ1v) is 7.09. The fourth-order valence-electron chi connectivity index (χ4n) is 2.15. The van der Waals surface area contributed by atoms with Crippen molar-refractivity contribution >= 4 is 0 Å². The van der Waals surface area contributed by atoms with E-state index in [4.69, 9.17) is 14.4 Å². The van der Waals surface area contributed by atoms with E-state index in [1.165, 1.54) is 0 Å². The molecule has 0 atom stereocenters. The summed E-state index contributed by atoms with van der Waals surface area (Å²) in [6.07, 6.45) is 1.78. The monoisotopic (exact) mass is 303 g/mol. The molecule has 0 bridgehead atoms. The van der Waals surface area contributed by atoms with E-state index in [1.54, 1.807) is 13.2 Å². The van der Waals surface area contributed by atoms with Crippen LogP contribution in [-0.2, 0) is 6.54 Å². The van der Waals surface area contributed by atoms with Crippen LogP contribution in [0.4, 0.5) is 0 Å². The van der Waals surface area contributed by atoms with Gasteiger partial charge < -0.3 is 14.4 Å². The Morgan fingerprint density at radius 3 is 2.95 bits per heavy atom. The van der Waals surface area contributed by atoms with Crippen molar-refractivity contribution in [2.24, 2.45) is 0 Å². The summed E-state index contributed by atoms with van der Waals surface area (Å²) >= 11 is 0. The SMILES string of the molecule is C=CCN(CCO)Cc1nc(-c2ccc(C)c(OC)c2)no1. The van der Waals surface area contributed by atoms with Crippen molar-refractivity contribution < 1.29 is 14.4 Å². The highest BCUT2D eigenvalue weighted by Crippen LogP contribution is 2.25. The number of rotatable bonds is 8. The van der Waals surface area contributed by atoms with Crippen LogP contribution in [0.3, 0.4) is 0 Å². The smallest absolute Gasteiger partial charge is 0.241 e. The Balaban J connectivity index is 2.15. The minimum Gasteiger partial charge on any atom is -0.496 e. The maximum absolute atomic E-state index is 9.05. The zero-order valence-electron chi connectivity index (χ0n) is 13.0. The predicted molar refractivity (Wildman–Crippen MR) is 83.6 cm³/mol. The van der Waals surface area contributed by atoms with Crippen molar-refractivity contribution in [3.05, 3.63) is 42.3 Å². The molecule has 2 aromatic rings. The number of aliphatic hydroxyl groups is 1. The second kappa shape index (κ2) is 7.72. The van der Waals surface area contributed by atoms with Gasteiger partial charge in [-0.3, -0.25) is 4.90 Å². The lowest BCUT2D eigenvalue weighted by Gasteiger charge is -2.16. The van der Waals surface area contributed by atoms with Gasteiger partial charge in [0.2, 0.25) is 11.7 Å². The maximum atomic E-state index is 9.05. The molecule has 2 rings (SSSR count). The lowest BCUT2D eigenvalue weighted by Crippen LogP contribution is -2.26. The first kappa shape index (κ1) is 16.2. The van der Waals surface area contributed by atoms with Crippen LogP contribution in [0.25, 0.3) is 11.4 Å². The molecule has 0 spiro atoms. The Hall–Kier alpha value is -2.18. The molecule has 0 unspecified atom stereocenters. The Kier molecular flexibility index (Phi) is 5.68. The van der Waals surface area contributed by atoms with E-state index in [2.05, 4.69) is 16.7 Å². The van der Waals surface area contributed by atoms with E-state index >= 15 is 0 Å². The van der Waals surface area contributed by atoms with Gasteiger partial charge in [-0.1, -0.05) is 23.4 Å². The van der Waals surface area contributed by atoms with Gasteiger partial charge in [-0.05, 0) is 18.6 Å². The van der Waals surface area contributed by atoms with Crippen LogP contribution in [0.15, 0.2) is 35.4 Å². The summed E-state index contributed by atoms with van der Waals surface area (Å²) in [4.78, 5) is 6.37. The second-order valence-corrected chi connectivity index (χ2v) is 4.94. The van der Waals surface area contributed by atoms with E-state index < -0.39 is 0 Å². The summed E-state index contributed by atoms with van der Waals surface area (Å²) in [6, 6.07) is 5.78. The van der Waals surface area contributed by atoms with Crippen molar-refractivity contribution in [2.45, 2.75) is 13.5 Å². The topological polar surface area (TPSA) is 71.6 Å². The second-order valence-electron chi connectivity index (χ2n) is 4.94. The maximum Gasteiger partial charge on any atom is 0.241 e. The number of hydrogen-bond acceptors (Lipinski definition) is 6. The molecule has 118 valence electrons. The molecule has 1 aromatic heterocycles. The van der Waals surface area contributed by atoms with Gasteiger partial charge in [-0.15, -0.1) is 6.58 Å². The quantitative estimate of drug-likeness (QED) is 0.752. The highest BCUT2D eigenvalue weighted by Gasteiger charge is 2.13. The summed E-state index contributed by atoms with van der Waals surface area (Å²) < 4.78 is 10.6. The van der Waals surface area contributed by atoms with Crippen LogP contribution in [0.5, 0.6) is 5.75 Å². The fraction of sp³-hybridized carbons (Fsp3) is 0.375. The number of aromatic nitrogens is 2. The van der Waals surface area contributed by atoms with E-state index in [0.29, 0.717) is 31.3 Å². The number of ether oxygens (including phenoxy) is 1. The molecule has 0 aliphatic carbocycles. The minimum absolute atomic E-state index is 0.0734. The first-order chi connectivity index (χ1) is 10.7. The average molecular weight is 303 g/mol. The van der Waals surface area contributed by atoms with E-state index in [0.717, 1.165) is 16.9 Å². The Morgan fingerprint density at radius 1 is 1.45 bits per heavy atom. The van der Waals surface area contributed by atoms with Crippen molar-refractivity contribution in [1.82, 2.24) is 15.0 Å². The molecule has 6 nitrogen and oxygen atoms in total. The van der Waals surface area contributed by atoms with Crippen LogP contribution in [0.1, 0.15) is 11.5 Å². The Labute approximate surface area is 130 Å². The van der Waals surface area contributed by atoms with Gasteiger partial charge in [0.05, 0.1) is 20.3 Å². The van der Waals surface area contributed by atoms with Crippen LogP contribution < -0.4 is 4.74 Å². The summed E-state index contributed by atoms with van der Waals surface area (Å²) in [6.45, 7) is 7.41. The third-order valence-corrected chi connectivity index (χ3v) is 3.30. The predicted octanol–water partition coefficient (Wildman–Crippen LogP) is 2.03. The van der Waals surface area contributed by atoms with Crippen LogP contribution in [-0.4, -0.2) is 47.0 Å². The molecule has 1 aromatic carbocycles. The van der Waals surface area contributed by atoms with Crippen molar-refractivity contribution in [1.29, 1.82) is 0 Å². The van der Waals surface area contributed by atoms with E-state index in [1.807, 2.05) is 30.0 Å². The van der Waals surface area contributed by atoms with Crippen LogP contribution >= 0.6 is 0 Å². The third-order valence-electron chi connectivity index (χ3n) is 3.30. The zero-order chi connectivity index (χ0) is 15.9. The Bertz CT molecular complexity index is 625. The summed E-state index contributed by atoms with van der Waals surface area (Å²) in [7, 11) is 1.63. The van der Waals surface area contributed by atoms with Crippen molar-refractivity contribution in [3.8, 4) is 17.1 Å². The number of aliphatic hydroxyl groups excluding tert-OH is 1. The van der Waals surface area contributed by atoms with Crippen molar-refractivity contribution in [3.63, 3.8) is 0 Å². The Morgan fingerprint density at radius 2 is 2.27 bits per heavy atom. The number of nitrogens with zero attached hydrogens (tertiary/aromatic N) is 3. The number of benzene rings is 1. The summed E-state index contributed by atoms with van der Waals surface area (Å²) in [5.74, 6) is 1.82. The molecular weight excluding hydrogens is 282 g/mol. The minimum atomic E-state index is 0.0734. The number of hydrogen-bond donors (Lipinski definition) is 1. The highest BCUT2D eigenvalue weighted by molar-refractivity contribution is 5.58. The lowest BCUT2D eigenvalue weighted by atomic mass is 10.1. The van der Waals surface area contributed by atoms with Gasteiger partial charge in [0, 0.05) is 18.7 Å². The van der Waals surface area contributed by atoms with Gasteiger partial charge in [-0.2, -0.15) is 4.98 Å². The molecule has 1 heterocycles. The molecule has 0 radical (unpaired) electrons. The largest absolute Gasteiger partial charge is 0.496 e. The molecular formula is C16H21N3O3. The molecule has 0 saturated carbocycles. The zero-order valence-corrected chi connectivity index (χ0v) is 13.0. The van der Waals surface area contributed by atoms with E-state index in [-0.39, 0.29) is 6.61 Å². The van der Waals surface area contributed by atoms with Gasteiger partial charge in [0.15, 0.2) is 0 Å². The van der Waals surface area contributed by atoms with Crippen LogP contribution in [0.2, 0.25) is 0 Å². The molecule has 22 heavy (non-hydrogen) atoms. The van der Waals surface area contributed by atoms with Gasteiger partial charge in [0.1, 0.15) is 5.75 Å². The van der Waals surface area contributed by atoms with Crippen molar-refractivity contribution in [2.75, 3.05) is 26.8 Å². The highest BCUT2D eigenvalue weighted by atomic mass is 16.5. The average Bonchev–Trinajstić information content (AvgIpc) is 2.97. The molecule has 0 saturated heterocycles. The van der Waals surface area contributed by atoms with Gasteiger partial charge >= 0.3 is 0 Å². The van der Waals surface area contributed by atoms with Crippen LogP contribution in [0, 0.1) is 6.92 Å². The molecule has 1 N–H and O–H groups in total. The van der Waals surface area contributed by atoms with E-state index in [9.17, 15) is 0 Å². The molecule has 0 aliphatic rings. The van der Waals surface area contributed by atoms with Gasteiger partial charge in [-0.25, -0.2) is 0 Å². The first-order valence-electron chi connectivity index (χ1n) is 7.09. The summed E-state index contributed by atoms with van der Waals surface area (Å²) in [5, 5.41) is 13.1.